The predicted octanol–water partition coefficient (Wildman–Crippen LogP) is 3.76. The lowest BCUT2D eigenvalue weighted by atomic mass is 10.0. The molecule has 8 heteroatoms. The molecule has 1 aliphatic rings. The Balaban J connectivity index is 2.03. The van der Waals surface area contributed by atoms with Crippen LogP contribution in [0.2, 0.25) is 5.02 Å². The van der Waals surface area contributed by atoms with Crippen LogP contribution in [0.3, 0.4) is 0 Å². The molecule has 1 aromatic rings. The summed E-state index contributed by atoms with van der Waals surface area (Å²) in [7, 11) is 0. The summed E-state index contributed by atoms with van der Waals surface area (Å²) in [5.41, 5.74) is -0.730. The van der Waals surface area contributed by atoms with Gasteiger partial charge in [0.2, 0.25) is 0 Å². The predicted molar refractivity (Wildman–Crippen MR) is 107 cm³/mol. The number of ether oxygens (including phenoxy) is 1. The molecule has 0 spiro atoms. The highest BCUT2D eigenvalue weighted by Crippen LogP contribution is 2.30. The van der Waals surface area contributed by atoms with E-state index in [2.05, 4.69) is 15.7 Å². The van der Waals surface area contributed by atoms with Crippen molar-refractivity contribution in [1.82, 2.24) is 15.1 Å². The molecule has 7 nitrogen and oxygen atoms in total. The van der Waals surface area contributed by atoms with Crippen LogP contribution in [0.15, 0.2) is 11.0 Å². The topological polar surface area (TPSA) is 85.2 Å². The molecule has 0 radical (unpaired) electrons. The van der Waals surface area contributed by atoms with Crippen molar-refractivity contribution >= 4 is 23.4 Å². The van der Waals surface area contributed by atoms with Gasteiger partial charge in [-0.15, -0.1) is 0 Å². The summed E-state index contributed by atoms with van der Waals surface area (Å²) < 4.78 is 6.67. The quantitative estimate of drug-likeness (QED) is 0.806. The van der Waals surface area contributed by atoms with Crippen LogP contribution in [0.5, 0.6) is 0 Å². The summed E-state index contributed by atoms with van der Waals surface area (Å²) >= 11 is 6.31. The Bertz CT molecular complexity index is 734. The molecular weight excluding hydrogens is 368 g/mol. The molecule has 0 bridgehead atoms. The summed E-state index contributed by atoms with van der Waals surface area (Å²) in [6.07, 6.45) is 4.16. The Morgan fingerprint density at radius 1 is 1.30 bits per heavy atom. The van der Waals surface area contributed by atoms with E-state index in [-0.39, 0.29) is 22.5 Å². The van der Waals surface area contributed by atoms with E-state index in [1.54, 1.807) is 6.20 Å². The minimum Gasteiger partial charge on any atom is -0.444 e. The third-order valence-corrected chi connectivity index (χ3v) is 4.83. The molecule has 1 saturated carbocycles. The zero-order chi connectivity index (χ0) is 20.4. The van der Waals surface area contributed by atoms with Crippen molar-refractivity contribution in [1.29, 1.82) is 0 Å². The number of rotatable bonds is 4. The van der Waals surface area contributed by atoms with E-state index in [9.17, 15) is 9.59 Å². The molecule has 0 aliphatic heterocycles. The van der Waals surface area contributed by atoms with Gasteiger partial charge in [-0.2, -0.15) is 5.10 Å². The number of alkyl carbamates (subject to hydrolysis) is 1. The van der Waals surface area contributed by atoms with Crippen LogP contribution < -0.4 is 16.2 Å². The van der Waals surface area contributed by atoms with Crippen LogP contribution in [0.4, 0.5) is 10.5 Å². The first-order valence-corrected chi connectivity index (χ1v) is 9.78. The smallest absolute Gasteiger partial charge is 0.407 e. The first kappa shape index (κ1) is 21.5. The molecule has 1 heterocycles. The Morgan fingerprint density at radius 3 is 2.56 bits per heavy atom. The van der Waals surface area contributed by atoms with E-state index in [1.165, 1.54) is 4.68 Å². The van der Waals surface area contributed by atoms with Gasteiger partial charge in [0.15, 0.2) is 0 Å². The number of nitrogens with one attached hydrogen (secondary N) is 2. The number of carbonyl (C=O) groups excluding carboxylic acids is 1. The standard InChI is InChI=1S/C19H31ClN4O3/c1-18(2,3)24-16(25)15(20)14(11-22-24)23-13-9-7-8-12(13)10-21-17(26)27-19(4,5)6/h11-13,23H,7-10H2,1-6H3,(H,21,26)/t12-,13+/m0/s1. The van der Waals surface area contributed by atoms with E-state index in [0.717, 1.165) is 19.3 Å². The van der Waals surface area contributed by atoms with Gasteiger partial charge >= 0.3 is 6.09 Å². The van der Waals surface area contributed by atoms with Gasteiger partial charge in [0, 0.05) is 12.6 Å². The molecule has 2 atom stereocenters. The van der Waals surface area contributed by atoms with Crippen molar-refractivity contribution in [2.45, 2.75) is 78.0 Å². The molecule has 1 amide bonds. The minimum atomic E-state index is -0.520. The van der Waals surface area contributed by atoms with Crippen LogP contribution in [-0.4, -0.2) is 34.1 Å². The summed E-state index contributed by atoms with van der Waals surface area (Å²) in [6, 6.07) is 0.115. The van der Waals surface area contributed by atoms with Crippen molar-refractivity contribution < 1.29 is 9.53 Å². The van der Waals surface area contributed by atoms with Gasteiger partial charge < -0.3 is 15.4 Å². The zero-order valence-electron chi connectivity index (χ0n) is 17.1. The number of aromatic nitrogens is 2. The fourth-order valence-electron chi connectivity index (χ4n) is 3.21. The van der Waals surface area contributed by atoms with Crippen molar-refractivity contribution in [3.05, 3.63) is 21.6 Å². The van der Waals surface area contributed by atoms with Gasteiger partial charge in [-0.25, -0.2) is 9.48 Å². The van der Waals surface area contributed by atoms with Crippen molar-refractivity contribution in [3.8, 4) is 0 Å². The lowest BCUT2D eigenvalue weighted by Gasteiger charge is -2.25. The number of halogens is 1. The second-order valence-electron chi connectivity index (χ2n) is 9.08. The molecule has 0 aromatic carbocycles. The van der Waals surface area contributed by atoms with Gasteiger partial charge in [0.05, 0.1) is 17.4 Å². The highest BCUT2D eigenvalue weighted by atomic mass is 35.5. The number of hydrogen-bond acceptors (Lipinski definition) is 5. The Hall–Kier alpha value is -1.76. The summed E-state index contributed by atoms with van der Waals surface area (Å²) in [5, 5.41) is 10.6. The molecule has 152 valence electrons. The summed E-state index contributed by atoms with van der Waals surface area (Å²) in [4.78, 5) is 24.4. The monoisotopic (exact) mass is 398 g/mol. The lowest BCUT2D eigenvalue weighted by Crippen LogP contribution is -2.39. The largest absolute Gasteiger partial charge is 0.444 e. The summed E-state index contributed by atoms with van der Waals surface area (Å²) in [6.45, 7) is 11.7. The maximum absolute atomic E-state index is 12.5. The molecule has 1 aliphatic carbocycles. The lowest BCUT2D eigenvalue weighted by molar-refractivity contribution is 0.0519. The fourth-order valence-corrected chi connectivity index (χ4v) is 3.39. The van der Waals surface area contributed by atoms with Crippen LogP contribution in [0.25, 0.3) is 0 Å². The van der Waals surface area contributed by atoms with E-state index in [1.807, 2.05) is 41.5 Å². The third kappa shape index (κ3) is 5.86. The molecule has 2 rings (SSSR count). The fraction of sp³-hybridized carbons (Fsp3) is 0.737. The van der Waals surface area contributed by atoms with E-state index >= 15 is 0 Å². The average molecular weight is 399 g/mol. The van der Waals surface area contributed by atoms with E-state index < -0.39 is 17.2 Å². The van der Waals surface area contributed by atoms with Crippen LogP contribution in [-0.2, 0) is 10.3 Å². The van der Waals surface area contributed by atoms with Gasteiger partial charge in [-0.3, -0.25) is 4.79 Å². The summed E-state index contributed by atoms with van der Waals surface area (Å²) in [5.74, 6) is 0.235. The SMILES string of the molecule is CC(C)(C)OC(=O)NC[C@@H]1CCC[C@H]1Nc1cnn(C(C)(C)C)c(=O)c1Cl. The van der Waals surface area contributed by atoms with Gasteiger partial charge in [0.25, 0.3) is 5.56 Å². The van der Waals surface area contributed by atoms with Crippen LogP contribution in [0.1, 0.15) is 60.8 Å². The molecule has 1 aromatic heterocycles. The number of hydrogen-bond donors (Lipinski definition) is 2. The minimum absolute atomic E-state index is 0.115. The van der Waals surface area contributed by atoms with Gasteiger partial charge in [-0.05, 0) is 60.3 Å². The highest BCUT2D eigenvalue weighted by molar-refractivity contribution is 6.32. The maximum Gasteiger partial charge on any atom is 0.407 e. The van der Waals surface area contributed by atoms with E-state index in [4.69, 9.17) is 16.3 Å². The zero-order valence-corrected chi connectivity index (χ0v) is 17.8. The second kappa shape index (κ2) is 8.09. The average Bonchev–Trinajstić information content (AvgIpc) is 2.94. The molecule has 2 N–H and O–H groups in total. The van der Waals surface area contributed by atoms with E-state index in [0.29, 0.717) is 12.2 Å². The first-order valence-electron chi connectivity index (χ1n) is 9.40. The van der Waals surface area contributed by atoms with Crippen molar-refractivity contribution in [2.75, 3.05) is 11.9 Å². The molecular formula is C19H31ClN4O3. The van der Waals surface area contributed by atoms with Crippen molar-refractivity contribution in [3.63, 3.8) is 0 Å². The number of nitrogens with zero attached hydrogens (tertiary/aromatic N) is 2. The number of carbonyl (C=O) groups is 1. The molecule has 0 saturated heterocycles. The van der Waals surface area contributed by atoms with Crippen molar-refractivity contribution in [2.24, 2.45) is 5.92 Å². The number of amides is 1. The molecule has 27 heavy (non-hydrogen) atoms. The Morgan fingerprint density at radius 2 is 1.96 bits per heavy atom. The van der Waals surface area contributed by atoms with Gasteiger partial charge in [-0.1, -0.05) is 18.0 Å². The third-order valence-electron chi connectivity index (χ3n) is 4.46. The second-order valence-corrected chi connectivity index (χ2v) is 9.46. The molecule has 1 fully saturated rings. The van der Waals surface area contributed by atoms with Crippen LogP contribution in [0, 0.1) is 5.92 Å². The molecule has 0 unspecified atom stereocenters. The van der Waals surface area contributed by atoms with Crippen LogP contribution >= 0.6 is 11.6 Å². The maximum atomic E-state index is 12.5. The highest BCUT2D eigenvalue weighted by Gasteiger charge is 2.29. The Labute approximate surface area is 165 Å². The van der Waals surface area contributed by atoms with Gasteiger partial charge in [0.1, 0.15) is 10.6 Å². The normalized spacial score (nSPS) is 20.4. The Kier molecular flexibility index (Phi) is 6.45. The first-order chi connectivity index (χ1) is 12.4. The number of anilines is 1.